The summed E-state index contributed by atoms with van der Waals surface area (Å²) in [5.41, 5.74) is 0. The highest BCUT2D eigenvalue weighted by Gasteiger charge is 2.19. The largest absolute Gasteiger partial charge is 0.462 e. The monoisotopic (exact) mass is 1090 g/mol. The van der Waals surface area contributed by atoms with E-state index in [0.717, 1.165) is 141 Å². The Balaban J connectivity index is 4.55. The van der Waals surface area contributed by atoms with Crippen molar-refractivity contribution in [3.8, 4) is 0 Å². The SMILES string of the molecule is CC/C=C\C/C=C\C/C=C\C/C=C\C/C=C\C/C=C\CCC(=O)OCC(COC(=O)CCCCCCCCCC/C=C\C/C=C\C/C=C\C/C=C\CC)OC(=O)CCCCCCCCCC/C=C\C/C=C\C/C=C\C/C=C\CC. The Bertz CT molecular complexity index is 1820. The van der Waals surface area contributed by atoms with Crippen molar-refractivity contribution < 1.29 is 28.6 Å². The molecule has 0 aliphatic rings. The topological polar surface area (TPSA) is 78.9 Å². The molecule has 0 aliphatic carbocycles. The molecule has 0 aliphatic heterocycles. The average molecular weight is 1090 g/mol. The zero-order valence-corrected chi connectivity index (χ0v) is 50.6. The van der Waals surface area contributed by atoms with E-state index in [1.54, 1.807) is 0 Å². The molecular formula is C73H114O6. The molecule has 0 aromatic heterocycles. The second-order valence-corrected chi connectivity index (χ2v) is 20.2. The summed E-state index contributed by atoms with van der Waals surface area (Å²) in [5.74, 6) is -1.02. The van der Waals surface area contributed by atoms with Gasteiger partial charge in [-0.2, -0.15) is 0 Å². The highest BCUT2D eigenvalue weighted by atomic mass is 16.6. The van der Waals surface area contributed by atoms with Crippen LogP contribution >= 0.6 is 0 Å². The molecule has 0 amide bonds. The van der Waals surface area contributed by atoms with Crippen molar-refractivity contribution in [1.29, 1.82) is 0 Å². The molecule has 0 saturated carbocycles. The summed E-state index contributed by atoms with van der Waals surface area (Å²) in [5, 5.41) is 0. The number of ether oxygens (including phenoxy) is 3. The standard InChI is InChI=1S/C73H114O6/c1-4-7-10-13-16-19-22-25-28-31-34-36-39-42-45-48-51-54-57-60-63-66-72(75)78-69-70(68-77-71(74)65-62-59-56-53-50-47-44-41-38-33-30-27-24-21-18-15-12-9-6-3)79-73(76)67-64-61-58-55-52-49-46-43-40-37-35-32-29-26-23-20-17-14-11-8-5-2/h7-12,16-21,25-30,34-38,41,47,50,56,59,70H,4-6,13-15,22-24,31-33,39-40,42-46,48-49,51-55,57-58,60-69H2,1-3H3/b10-7-,11-8-,12-9-,19-16-,20-17-,21-18-,28-25-,29-26-,30-27-,36-34-,37-35-,41-38-,50-47-,59-56-. The van der Waals surface area contributed by atoms with Crippen LogP contribution in [0.4, 0.5) is 0 Å². The van der Waals surface area contributed by atoms with Crippen LogP contribution in [0.15, 0.2) is 170 Å². The number of esters is 3. The number of hydrogen-bond donors (Lipinski definition) is 0. The second-order valence-electron chi connectivity index (χ2n) is 20.2. The van der Waals surface area contributed by atoms with Crippen molar-refractivity contribution in [2.45, 2.75) is 258 Å². The Morgan fingerprint density at radius 1 is 0.253 bits per heavy atom. The minimum Gasteiger partial charge on any atom is -0.462 e. The fraction of sp³-hybridized carbons (Fsp3) is 0.575. The third-order valence-corrected chi connectivity index (χ3v) is 12.7. The highest BCUT2D eigenvalue weighted by molar-refractivity contribution is 5.71. The van der Waals surface area contributed by atoms with Crippen molar-refractivity contribution in [3.63, 3.8) is 0 Å². The van der Waals surface area contributed by atoms with Gasteiger partial charge in [-0.15, -0.1) is 0 Å². The maximum atomic E-state index is 12.9. The zero-order chi connectivity index (χ0) is 57.1. The van der Waals surface area contributed by atoms with Crippen LogP contribution in [0.3, 0.4) is 0 Å². The van der Waals surface area contributed by atoms with Gasteiger partial charge in [-0.05, 0) is 135 Å². The minimum absolute atomic E-state index is 0.117. The van der Waals surface area contributed by atoms with Gasteiger partial charge in [0, 0.05) is 19.3 Å². The number of rotatable bonds is 55. The Kier molecular flexibility index (Phi) is 61.0. The number of carbonyl (C=O) groups is 3. The first kappa shape index (κ1) is 73.8. The molecule has 0 aromatic carbocycles. The van der Waals surface area contributed by atoms with Crippen LogP contribution in [0, 0.1) is 0 Å². The maximum absolute atomic E-state index is 12.9. The lowest BCUT2D eigenvalue weighted by molar-refractivity contribution is -0.166. The molecule has 0 fully saturated rings. The highest BCUT2D eigenvalue weighted by Crippen LogP contribution is 2.14. The predicted octanol–water partition coefficient (Wildman–Crippen LogP) is 21.9. The van der Waals surface area contributed by atoms with Crippen molar-refractivity contribution in [3.05, 3.63) is 170 Å². The van der Waals surface area contributed by atoms with Gasteiger partial charge in [-0.3, -0.25) is 14.4 Å². The van der Waals surface area contributed by atoms with Gasteiger partial charge in [0.25, 0.3) is 0 Å². The van der Waals surface area contributed by atoms with Gasteiger partial charge < -0.3 is 14.2 Å². The van der Waals surface area contributed by atoms with Crippen molar-refractivity contribution in [2.24, 2.45) is 0 Å². The zero-order valence-electron chi connectivity index (χ0n) is 50.6. The van der Waals surface area contributed by atoms with Gasteiger partial charge in [0.2, 0.25) is 0 Å². The molecule has 0 spiro atoms. The summed E-state index contributed by atoms with van der Waals surface area (Å²) in [6.07, 6.45) is 96.4. The Labute approximate surface area is 485 Å². The average Bonchev–Trinajstić information content (AvgIpc) is 3.45. The summed E-state index contributed by atoms with van der Waals surface area (Å²) < 4.78 is 16.9. The van der Waals surface area contributed by atoms with Crippen LogP contribution in [0.25, 0.3) is 0 Å². The fourth-order valence-corrected chi connectivity index (χ4v) is 8.10. The summed E-state index contributed by atoms with van der Waals surface area (Å²) in [6.45, 7) is 6.22. The Hall–Kier alpha value is -5.23. The summed E-state index contributed by atoms with van der Waals surface area (Å²) >= 11 is 0. The van der Waals surface area contributed by atoms with E-state index in [2.05, 4.69) is 185 Å². The van der Waals surface area contributed by atoms with Crippen LogP contribution < -0.4 is 0 Å². The molecule has 442 valence electrons. The van der Waals surface area contributed by atoms with E-state index in [1.807, 2.05) is 6.08 Å². The van der Waals surface area contributed by atoms with E-state index in [1.165, 1.54) is 64.2 Å². The first-order valence-electron chi connectivity index (χ1n) is 31.6. The van der Waals surface area contributed by atoms with E-state index in [-0.39, 0.29) is 37.5 Å². The minimum atomic E-state index is -0.828. The van der Waals surface area contributed by atoms with Crippen molar-refractivity contribution in [2.75, 3.05) is 13.2 Å². The number of carbonyl (C=O) groups excluding carboxylic acids is 3. The first-order valence-corrected chi connectivity index (χ1v) is 31.6. The quantitative estimate of drug-likeness (QED) is 0.0261. The maximum Gasteiger partial charge on any atom is 0.306 e. The summed E-state index contributed by atoms with van der Waals surface area (Å²) in [7, 11) is 0. The van der Waals surface area contributed by atoms with Gasteiger partial charge in [0.1, 0.15) is 13.2 Å². The number of hydrogen-bond acceptors (Lipinski definition) is 6. The molecule has 6 heteroatoms. The van der Waals surface area contributed by atoms with Crippen LogP contribution in [0.2, 0.25) is 0 Å². The van der Waals surface area contributed by atoms with Crippen LogP contribution in [0.1, 0.15) is 252 Å². The van der Waals surface area contributed by atoms with E-state index in [0.29, 0.717) is 19.3 Å². The van der Waals surface area contributed by atoms with E-state index >= 15 is 0 Å². The first-order chi connectivity index (χ1) is 39.0. The van der Waals surface area contributed by atoms with Gasteiger partial charge in [-0.25, -0.2) is 0 Å². The van der Waals surface area contributed by atoms with Gasteiger partial charge >= 0.3 is 17.9 Å². The second kappa shape index (κ2) is 65.3. The molecule has 6 nitrogen and oxygen atoms in total. The molecule has 0 rings (SSSR count). The molecule has 0 heterocycles. The molecule has 0 bridgehead atoms. The van der Waals surface area contributed by atoms with E-state index in [4.69, 9.17) is 14.2 Å². The lowest BCUT2D eigenvalue weighted by atomic mass is 10.1. The van der Waals surface area contributed by atoms with Gasteiger partial charge in [0.05, 0.1) is 0 Å². The molecular weight excluding hydrogens is 973 g/mol. The third-order valence-electron chi connectivity index (χ3n) is 12.7. The predicted molar refractivity (Wildman–Crippen MR) is 343 cm³/mol. The lowest BCUT2D eigenvalue weighted by Crippen LogP contribution is -2.30. The normalized spacial score (nSPS) is 13.3. The molecule has 79 heavy (non-hydrogen) atoms. The van der Waals surface area contributed by atoms with Crippen LogP contribution in [0.5, 0.6) is 0 Å². The van der Waals surface area contributed by atoms with Gasteiger partial charge in [0.15, 0.2) is 6.10 Å². The van der Waals surface area contributed by atoms with Gasteiger partial charge in [-0.1, -0.05) is 268 Å². The Morgan fingerprint density at radius 3 is 0.785 bits per heavy atom. The lowest BCUT2D eigenvalue weighted by Gasteiger charge is -2.18. The number of unbranched alkanes of at least 4 members (excludes halogenated alkanes) is 16. The molecule has 0 N–H and O–H groups in total. The fourth-order valence-electron chi connectivity index (χ4n) is 8.10. The molecule has 1 atom stereocenters. The number of allylic oxidation sites excluding steroid dienone is 28. The van der Waals surface area contributed by atoms with Crippen molar-refractivity contribution in [1.82, 2.24) is 0 Å². The van der Waals surface area contributed by atoms with Crippen molar-refractivity contribution >= 4 is 17.9 Å². The third kappa shape index (κ3) is 63.5. The van der Waals surface area contributed by atoms with E-state index in [9.17, 15) is 14.4 Å². The van der Waals surface area contributed by atoms with Crippen LogP contribution in [-0.2, 0) is 28.6 Å². The Morgan fingerprint density at radius 2 is 0.481 bits per heavy atom. The molecule has 1 unspecified atom stereocenters. The summed E-state index contributed by atoms with van der Waals surface area (Å²) in [4.78, 5) is 38.3. The van der Waals surface area contributed by atoms with Crippen LogP contribution in [-0.4, -0.2) is 37.2 Å². The smallest absolute Gasteiger partial charge is 0.306 e. The summed E-state index contributed by atoms with van der Waals surface area (Å²) in [6, 6.07) is 0. The molecule has 0 radical (unpaired) electrons. The van der Waals surface area contributed by atoms with E-state index < -0.39 is 6.10 Å². The molecule has 0 saturated heterocycles. The molecule has 0 aromatic rings.